The van der Waals surface area contributed by atoms with Gasteiger partial charge in [-0.15, -0.1) is 11.8 Å². The number of dihydropyridines is 1. The maximum atomic E-state index is 12.8. The van der Waals surface area contributed by atoms with Crippen molar-refractivity contribution in [3.63, 3.8) is 0 Å². The SMILES string of the molecule is O=C(C1=CSC23CC=CC=C2N=CC=C13)N1CCOCC1. The third-order valence-electron chi connectivity index (χ3n) is 4.30. The van der Waals surface area contributed by atoms with Gasteiger partial charge in [0.1, 0.15) is 0 Å². The molecule has 1 atom stereocenters. The van der Waals surface area contributed by atoms with E-state index in [1.165, 1.54) is 0 Å². The topological polar surface area (TPSA) is 41.9 Å². The summed E-state index contributed by atoms with van der Waals surface area (Å²) in [6, 6.07) is 0. The molecule has 4 rings (SSSR count). The van der Waals surface area contributed by atoms with Crippen LogP contribution in [0, 0.1) is 0 Å². The van der Waals surface area contributed by atoms with E-state index in [0.29, 0.717) is 26.3 Å². The van der Waals surface area contributed by atoms with Crippen LogP contribution in [0.5, 0.6) is 0 Å². The summed E-state index contributed by atoms with van der Waals surface area (Å²) in [7, 11) is 0. The maximum absolute atomic E-state index is 12.8. The van der Waals surface area contributed by atoms with E-state index in [1.54, 1.807) is 11.8 Å². The number of carbonyl (C=O) groups excluding carboxylic acids is 1. The highest BCUT2D eigenvalue weighted by atomic mass is 32.2. The second-order valence-corrected chi connectivity index (χ2v) is 6.59. The zero-order valence-electron chi connectivity index (χ0n) is 11.6. The van der Waals surface area contributed by atoms with Crippen molar-refractivity contribution in [1.29, 1.82) is 0 Å². The number of amides is 1. The lowest BCUT2D eigenvalue weighted by Crippen LogP contribution is -2.42. The molecule has 4 aliphatic rings. The van der Waals surface area contributed by atoms with E-state index >= 15 is 0 Å². The highest BCUT2D eigenvalue weighted by Crippen LogP contribution is 2.54. The van der Waals surface area contributed by atoms with Crippen molar-refractivity contribution in [3.05, 3.63) is 46.6 Å². The van der Waals surface area contributed by atoms with Gasteiger partial charge < -0.3 is 9.64 Å². The molecule has 21 heavy (non-hydrogen) atoms. The van der Waals surface area contributed by atoms with Crippen molar-refractivity contribution in [3.8, 4) is 0 Å². The molecular formula is C16H16N2O2S. The van der Waals surface area contributed by atoms with E-state index in [1.807, 2.05) is 28.7 Å². The number of hydrogen-bond donors (Lipinski definition) is 0. The monoisotopic (exact) mass is 300 g/mol. The molecule has 3 aliphatic heterocycles. The fraction of sp³-hybridized carbons (Fsp3) is 0.375. The van der Waals surface area contributed by atoms with Crippen molar-refractivity contribution in [1.82, 2.24) is 4.90 Å². The number of aliphatic imine (C=N–C) groups is 1. The fourth-order valence-electron chi connectivity index (χ4n) is 3.16. The molecule has 1 unspecified atom stereocenters. The minimum Gasteiger partial charge on any atom is -0.378 e. The fourth-order valence-corrected chi connectivity index (χ4v) is 4.44. The summed E-state index contributed by atoms with van der Waals surface area (Å²) in [5, 5.41) is 2.02. The lowest BCUT2D eigenvalue weighted by Gasteiger charge is -2.35. The van der Waals surface area contributed by atoms with Gasteiger partial charge in [-0.2, -0.15) is 0 Å². The van der Waals surface area contributed by atoms with Crippen LogP contribution >= 0.6 is 11.8 Å². The summed E-state index contributed by atoms with van der Waals surface area (Å²) in [6.45, 7) is 2.62. The Morgan fingerprint density at radius 3 is 3.05 bits per heavy atom. The van der Waals surface area contributed by atoms with Crippen LogP contribution in [0.3, 0.4) is 0 Å². The van der Waals surface area contributed by atoms with E-state index in [-0.39, 0.29) is 10.7 Å². The summed E-state index contributed by atoms with van der Waals surface area (Å²) < 4.78 is 5.15. The Kier molecular flexibility index (Phi) is 3.12. The standard InChI is InChI=1S/C16H16N2O2S/c19-15(18-7-9-20-10-8-18)12-11-21-16-5-2-1-3-14(16)17-6-4-13(12)16/h1-4,6,11H,5,7-10H2. The third kappa shape index (κ3) is 1.95. The molecule has 0 aromatic heterocycles. The molecule has 0 radical (unpaired) electrons. The van der Waals surface area contributed by atoms with E-state index in [9.17, 15) is 4.79 Å². The Labute approximate surface area is 127 Å². The molecule has 0 aromatic rings. The first-order valence-electron chi connectivity index (χ1n) is 7.19. The molecule has 4 nitrogen and oxygen atoms in total. The molecule has 1 fully saturated rings. The molecule has 0 saturated carbocycles. The van der Waals surface area contributed by atoms with Gasteiger partial charge in [0.2, 0.25) is 0 Å². The lowest BCUT2D eigenvalue weighted by molar-refractivity contribution is -0.130. The highest BCUT2D eigenvalue weighted by Gasteiger charge is 2.47. The van der Waals surface area contributed by atoms with Gasteiger partial charge in [-0.3, -0.25) is 9.79 Å². The summed E-state index contributed by atoms with van der Waals surface area (Å²) in [5.41, 5.74) is 2.98. The van der Waals surface area contributed by atoms with Crippen LogP contribution < -0.4 is 0 Å². The van der Waals surface area contributed by atoms with Crippen molar-refractivity contribution in [2.24, 2.45) is 4.99 Å². The number of allylic oxidation sites excluding steroid dienone is 4. The zero-order chi connectivity index (χ0) is 14.3. The van der Waals surface area contributed by atoms with Crippen LogP contribution in [-0.2, 0) is 9.53 Å². The van der Waals surface area contributed by atoms with Gasteiger partial charge in [-0.25, -0.2) is 0 Å². The van der Waals surface area contributed by atoms with E-state index < -0.39 is 0 Å². The molecule has 3 heterocycles. The molecule has 1 saturated heterocycles. The van der Waals surface area contributed by atoms with Crippen LogP contribution in [0.15, 0.2) is 51.5 Å². The molecule has 1 amide bonds. The first-order valence-corrected chi connectivity index (χ1v) is 8.07. The van der Waals surface area contributed by atoms with Crippen LogP contribution in [0.1, 0.15) is 6.42 Å². The van der Waals surface area contributed by atoms with Gasteiger partial charge in [0.05, 0.1) is 29.2 Å². The number of carbonyl (C=O) groups is 1. The number of thioether (sulfide) groups is 1. The van der Waals surface area contributed by atoms with Crippen LogP contribution in [0.4, 0.5) is 0 Å². The van der Waals surface area contributed by atoms with E-state index in [4.69, 9.17) is 4.74 Å². The Balaban J connectivity index is 1.65. The third-order valence-corrected chi connectivity index (χ3v) is 5.65. The molecule has 0 aromatic carbocycles. The van der Waals surface area contributed by atoms with Crippen LogP contribution in [0.2, 0.25) is 0 Å². The Morgan fingerprint density at radius 1 is 1.33 bits per heavy atom. The summed E-state index contributed by atoms with van der Waals surface area (Å²) in [4.78, 5) is 19.2. The average Bonchev–Trinajstić information content (AvgIpc) is 2.93. The Morgan fingerprint density at radius 2 is 2.19 bits per heavy atom. The number of nitrogens with zero attached hydrogens (tertiary/aromatic N) is 2. The van der Waals surface area contributed by atoms with Gasteiger partial charge in [0.25, 0.3) is 5.91 Å². The van der Waals surface area contributed by atoms with Gasteiger partial charge in [-0.05, 0) is 29.6 Å². The predicted molar refractivity (Wildman–Crippen MR) is 84.2 cm³/mol. The predicted octanol–water partition coefficient (Wildman–Crippen LogP) is 2.07. The molecule has 5 heteroatoms. The number of rotatable bonds is 1. The van der Waals surface area contributed by atoms with Gasteiger partial charge >= 0.3 is 0 Å². The molecular weight excluding hydrogens is 284 g/mol. The lowest BCUT2D eigenvalue weighted by atomic mass is 9.83. The van der Waals surface area contributed by atoms with Gasteiger partial charge in [0.15, 0.2) is 0 Å². The van der Waals surface area contributed by atoms with E-state index in [0.717, 1.165) is 23.3 Å². The minimum atomic E-state index is -0.180. The van der Waals surface area contributed by atoms with Crippen LogP contribution in [0.25, 0.3) is 0 Å². The minimum absolute atomic E-state index is 0.123. The summed E-state index contributed by atoms with van der Waals surface area (Å²) >= 11 is 1.72. The van der Waals surface area contributed by atoms with E-state index in [2.05, 4.69) is 17.1 Å². The van der Waals surface area contributed by atoms with Gasteiger partial charge in [0, 0.05) is 19.3 Å². The normalized spacial score (nSPS) is 30.3. The number of ether oxygens (including phenoxy) is 1. The van der Waals surface area contributed by atoms with Crippen molar-refractivity contribution in [2.45, 2.75) is 11.2 Å². The quantitative estimate of drug-likeness (QED) is 0.744. The Hall–Kier alpha value is -1.59. The Bertz CT molecular complexity index is 639. The molecule has 1 aliphatic carbocycles. The second-order valence-electron chi connectivity index (χ2n) is 5.42. The zero-order valence-corrected chi connectivity index (χ0v) is 12.4. The molecule has 108 valence electrons. The highest BCUT2D eigenvalue weighted by molar-refractivity contribution is 8.04. The molecule has 1 spiro atoms. The van der Waals surface area contributed by atoms with Crippen LogP contribution in [-0.4, -0.2) is 48.1 Å². The van der Waals surface area contributed by atoms with Crippen molar-refractivity contribution >= 4 is 23.9 Å². The van der Waals surface area contributed by atoms with Gasteiger partial charge in [-0.1, -0.05) is 12.2 Å². The molecule has 0 N–H and O–H groups in total. The maximum Gasteiger partial charge on any atom is 0.254 e. The first kappa shape index (κ1) is 13.1. The molecule has 0 bridgehead atoms. The number of morpholine rings is 1. The second kappa shape index (κ2) is 5.00. The summed E-state index contributed by atoms with van der Waals surface area (Å²) in [5.74, 6) is 0.123. The van der Waals surface area contributed by atoms with Crippen molar-refractivity contribution in [2.75, 3.05) is 26.3 Å². The smallest absolute Gasteiger partial charge is 0.254 e. The first-order chi connectivity index (χ1) is 10.3. The number of hydrogen-bond acceptors (Lipinski definition) is 4. The summed E-state index contributed by atoms with van der Waals surface area (Å²) in [6.07, 6.45) is 11.0. The average molecular weight is 300 g/mol. The van der Waals surface area contributed by atoms with Crippen molar-refractivity contribution < 1.29 is 9.53 Å². The largest absolute Gasteiger partial charge is 0.378 e.